The number of piperidine rings is 1. The van der Waals surface area contributed by atoms with E-state index in [1.807, 2.05) is 20.8 Å². The van der Waals surface area contributed by atoms with E-state index in [4.69, 9.17) is 4.74 Å². The summed E-state index contributed by atoms with van der Waals surface area (Å²) in [5, 5.41) is 9.47. The molecule has 112 valence electrons. The summed E-state index contributed by atoms with van der Waals surface area (Å²) >= 11 is 0. The number of likely N-dealkylation sites (tertiary alicyclic amines) is 1. The average Bonchev–Trinajstić information content (AvgIpc) is 2.28. The highest BCUT2D eigenvalue weighted by Gasteiger charge is 2.31. The SMILES string of the molecule is CC(C)C(CO)C1CCN(C(=O)OC(C)(C)C)CC1. The molecule has 4 heteroatoms. The number of carbonyl (C=O) groups excluding carboxylic acids is 1. The second kappa shape index (κ2) is 6.60. The number of carbonyl (C=O) groups is 1. The third kappa shape index (κ3) is 5.01. The monoisotopic (exact) mass is 271 g/mol. The molecule has 1 fully saturated rings. The van der Waals surface area contributed by atoms with Crippen LogP contribution in [0, 0.1) is 17.8 Å². The number of ether oxygens (including phenoxy) is 1. The summed E-state index contributed by atoms with van der Waals surface area (Å²) in [6.45, 7) is 11.7. The molecule has 0 aromatic carbocycles. The molecule has 1 amide bonds. The van der Waals surface area contributed by atoms with Gasteiger partial charge in [0.1, 0.15) is 5.60 Å². The van der Waals surface area contributed by atoms with E-state index in [9.17, 15) is 9.90 Å². The molecule has 1 atom stereocenters. The van der Waals surface area contributed by atoms with Crippen molar-refractivity contribution in [1.82, 2.24) is 4.90 Å². The maximum atomic E-state index is 11.9. The normalized spacial score (nSPS) is 19.6. The van der Waals surface area contributed by atoms with Crippen LogP contribution in [0.3, 0.4) is 0 Å². The van der Waals surface area contributed by atoms with Crippen molar-refractivity contribution in [2.24, 2.45) is 17.8 Å². The molecule has 4 nitrogen and oxygen atoms in total. The smallest absolute Gasteiger partial charge is 0.410 e. The number of aliphatic hydroxyl groups is 1. The third-order valence-electron chi connectivity index (χ3n) is 3.86. The molecular formula is C15H29NO3. The Labute approximate surface area is 117 Å². The van der Waals surface area contributed by atoms with Gasteiger partial charge in [0, 0.05) is 19.7 Å². The lowest BCUT2D eigenvalue weighted by molar-refractivity contribution is 0.0118. The van der Waals surface area contributed by atoms with E-state index < -0.39 is 5.60 Å². The van der Waals surface area contributed by atoms with Gasteiger partial charge in [0.2, 0.25) is 0 Å². The Hall–Kier alpha value is -0.770. The van der Waals surface area contributed by atoms with E-state index in [0.29, 0.717) is 17.8 Å². The third-order valence-corrected chi connectivity index (χ3v) is 3.86. The van der Waals surface area contributed by atoms with Gasteiger partial charge in [0.25, 0.3) is 0 Å². The molecule has 0 spiro atoms. The van der Waals surface area contributed by atoms with E-state index in [1.165, 1.54) is 0 Å². The van der Waals surface area contributed by atoms with Crippen molar-refractivity contribution in [1.29, 1.82) is 0 Å². The van der Waals surface area contributed by atoms with Gasteiger partial charge in [-0.15, -0.1) is 0 Å². The lowest BCUT2D eigenvalue weighted by atomic mass is 9.78. The number of amides is 1. The van der Waals surface area contributed by atoms with Crippen LogP contribution in [-0.4, -0.2) is 41.4 Å². The maximum Gasteiger partial charge on any atom is 0.410 e. The minimum Gasteiger partial charge on any atom is -0.444 e. The standard InChI is InChI=1S/C15H29NO3/c1-11(2)13(10-17)12-6-8-16(9-7-12)14(18)19-15(3,4)5/h11-13,17H,6-10H2,1-5H3. The van der Waals surface area contributed by atoms with Crippen LogP contribution in [0.5, 0.6) is 0 Å². The highest BCUT2D eigenvalue weighted by atomic mass is 16.6. The summed E-state index contributed by atoms with van der Waals surface area (Å²) < 4.78 is 5.38. The fraction of sp³-hybridized carbons (Fsp3) is 0.933. The van der Waals surface area contributed by atoms with Gasteiger partial charge in [0.15, 0.2) is 0 Å². The van der Waals surface area contributed by atoms with Crippen molar-refractivity contribution in [3.8, 4) is 0 Å². The van der Waals surface area contributed by atoms with Crippen LogP contribution in [0.2, 0.25) is 0 Å². The number of nitrogens with zero attached hydrogens (tertiary/aromatic N) is 1. The Morgan fingerprint density at radius 1 is 1.32 bits per heavy atom. The Balaban J connectivity index is 2.46. The Morgan fingerprint density at radius 2 is 1.84 bits per heavy atom. The molecule has 0 aromatic rings. The first kappa shape index (κ1) is 16.3. The first-order valence-corrected chi connectivity index (χ1v) is 7.33. The van der Waals surface area contributed by atoms with Gasteiger partial charge >= 0.3 is 6.09 Å². The van der Waals surface area contributed by atoms with Crippen molar-refractivity contribution in [2.45, 2.75) is 53.1 Å². The highest BCUT2D eigenvalue weighted by Crippen LogP contribution is 2.30. The average molecular weight is 271 g/mol. The minimum atomic E-state index is -0.431. The quantitative estimate of drug-likeness (QED) is 0.858. The van der Waals surface area contributed by atoms with Crippen LogP contribution in [-0.2, 0) is 4.74 Å². The molecule has 1 N–H and O–H groups in total. The zero-order valence-electron chi connectivity index (χ0n) is 13.0. The summed E-state index contributed by atoms with van der Waals surface area (Å²) in [6, 6.07) is 0. The molecule has 0 radical (unpaired) electrons. The summed E-state index contributed by atoms with van der Waals surface area (Å²) in [4.78, 5) is 13.7. The van der Waals surface area contributed by atoms with Crippen molar-refractivity contribution in [3.63, 3.8) is 0 Å². The van der Waals surface area contributed by atoms with E-state index in [1.54, 1.807) is 4.90 Å². The predicted molar refractivity (Wildman–Crippen MR) is 75.9 cm³/mol. The van der Waals surface area contributed by atoms with Gasteiger partial charge in [-0.25, -0.2) is 4.79 Å². The summed E-state index contributed by atoms with van der Waals surface area (Å²) in [7, 11) is 0. The lowest BCUT2D eigenvalue weighted by Gasteiger charge is -2.37. The first-order valence-electron chi connectivity index (χ1n) is 7.33. The minimum absolute atomic E-state index is 0.212. The molecular weight excluding hydrogens is 242 g/mol. The van der Waals surface area contributed by atoms with Gasteiger partial charge < -0.3 is 14.7 Å². The Morgan fingerprint density at radius 3 is 2.21 bits per heavy atom. The molecule has 0 saturated carbocycles. The molecule has 1 aliphatic rings. The van der Waals surface area contributed by atoms with Crippen LogP contribution in [0.15, 0.2) is 0 Å². The Bertz CT molecular complexity index is 288. The zero-order chi connectivity index (χ0) is 14.6. The summed E-state index contributed by atoms with van der Waals surface area (Å²) in [5.41, 5.74) is -0.431. The van der Waals surface area contributed by atoms with Crippen molar-refractivity contribution in [2.75, 3.05) is 19.7 Å². The maximum absolute atomic E-state index is 11.9. The fourth-order valence-electron chi connectivity index (χ4n) is 2.74. The Kier molecular flexibility index (Phi) is 5.65. The molecule has 1 rings (SSSR count). The van der Waals surface area contributed by atoms with E-state index >= 15 is 0 Å². The number of hydrogen-bond acceptors (Lipinski definition) is 3. The van der Waals surface area contributed by atoms with Gasteiger partial charge in [-0.3, -0.25) is 0 Å². The molecule has 0 aliphatic carbocycles. The topological polar surface area (TPSA) is 49.8 Å². The molecule has 1 aliphatic heterocycles. The van der Waals surface area contributed by atoms with Gasteiger partial charge in [-0.05, 0) is 51.4 Å². The zero-order valence-corrected chi connectivity index (χ0v) is 13.0. The number of hydrogen-bond donors (Lipinski definition) is 1. The van der Waals surface area contributed by atoms with Crippen molar-refractivity contribution < 1.29 is 14.6 Å². The van der Waals surface area contributed by atoms with Crippen LogP contribution >= 0.6 is 0 Å². The number of rotatable bonds is 3. The van der Waals surface area contributed by atoms with Crippen LogP contribution in [0.1, 0.15) is 47.5 Å². The molecule has 1 unspecified atom stereocenters. The van der Waals surface area contributed by atoms with E-state index in [-0.39, 0.29) is 12.7 Å². The van der Waals surface area contributed by atoms with E-state index in [2.05, 4.69) is 13.8 Å². The van der Waals surface area contributed by atoms with Crippen LogP contribution < -0.4 is 0 Å². The summed E-state index contributed by atoms with van der Waals surface area (Å²) in [5.74, 6) is 1.35. The van der Waals surface area contributed by atoms with Crippen molar-refractivity contribution >= 4 is 6.09 Å². The number of aliphatic hydroxyl groups excluding tert-OH is 1. The second-order valence-electron chi connectivity index (χ2n) is 6.90. The van der Waals surface area contributed by atoms with Crippen LogP contribution in [0.25, 0.3) is 0 Å². The predicted octanol–water partition coefficient (Wildman–Crippen LogP) is 2.90. The molecule has 1 heterocycles. The fourth-order valence-corrected chi connectivity index (χ4v) is 2.74. The first-order chi connectivity index (χ1) is 8.74. The van der Waals surface area contributed by atoms with Gasteiger partial charge in [-0.1, -0.05) is 13.8 Å². The van der Waals surface area contributed by atoms with Crippen molar-refractivity contribution in [3.05, 3.63) is 0 Å². The van der Waals surface area contributed by atoms with Crippen LogP contribution in [0.4, 0.5) is 4.79 Å². The molecule has 0 bridgehead atoms. The second-order valence-corrected chi connectivity index (χ2v) is 6.90. The van der Waals surface area contributed by atoms with Gasteiger partial charge in [0.05, 0.1) is 0 Å². The lowest BCUT2D eigenvalue weighted by Crippen LogP contribution is -2.43. The summed E-state index contributed by atoms with van der Waals surface area (Å²) in [6.07, 6.45) is 1.71. The molecule has 1 saturated heterocycles. The largest absolute Gasteiger partial charge is 0.444 e. The van der Waals surface area contributed by atoms with E-state index in [0.717, 1.165) is 25.9 Å². The van der Waals surface area contributed by atoms with Gasteiger partial charge in [-0.2, -0.15) is 0 Å². The molecule has 19 heavy (non-hydrogen) atoms. The molecule has 0 aromatic heterocycles. The highest BCUT2D eigenvalue weighted by molar-refractivity contribution is 5.68.